The molecule has 2 aliphatic heterocycles. The molecule has 0 spiro atoms. The summed E-state index contributed by atoms with van der Waals surface area (Å²) in [5.41, 5.74) is 12.1. The first-order chi connectivity index (χ1) is 21.2. The third-order valence-corrected chi connectivity index (χ3v) is 10.9. The van der Waals surface area contributed by atoms with Crippen molar-refractivity contribution in [2.24, 2.45) is 10.8 Å². The number of piperidine rings is 1. The summed E-state index contributed by atoms with van der Waals surface area (Å²) < 4.78 is 0. The van der Waals surface area contributed by atoms with Crippen molar-refractivity contribution in [2.75, 3.05) is 31.1 Å². The first-order valence-electron chi connectivity index (χ1n) is 17.7. The molecular formula is C40H61N3OS. The van der Waals surface area contributed by atoms with Gasteiger partial charge in [0.15, 0.2) is 0 Å². The summed E-state index contributed by atoms with van der Waals surface area (Å²) in [4.78, 5) is 23.2. The molecule has 1 aromatic heterocycles. The number of benzene rings is 1. The number of nitrogens with one attached hydrogen (secondary N) is 1. The number of anilines is 1. The van der Waals surface area contributed by atoms with E-state index in [-0.39, 0.29) is 5.56 Å². The third-order valence-electron chi connectivity index (χ3n) is 10.4. The second kappa shape index (κ2) is 15.1. The molecule has 1 fully saturated rings. The second-order valence-corrected chi connectivity index (χ2v) is 16.3. The van der Waals surface area contributed by atoms with E-state index in [0.717, 1.165) is 101 Å². The lowest BCUT2D eigenvalue weighted by molar-refractivity contribution is 0.276. The lowest BCUT2D eigenvalue weighted by atomic mass is 9.82. The highest BCUT2D eigenvalue weighted by Crippen LogP contribution is 2.39. The molecule has 1 aliphatic carbocycles. The van der Waals surface area contributed by atoms with Crippen molar-refractivity contribution in [1.29, 1.82) is 0 Å². The van der Waals surface area contributed by atoms with Crippen molar-refractivity contribution in [3.05, 3.63) is 73.1 Å². The summed E-state index contributed by atoms with van der Waals surface area (Å²) in [6.45, 7) is 25.2. The van der Waals surface area contributed by atoms with Crippen LogP contribution < -0.4 is 10.5 Å². The Bertz CT molecular complexity index is 1450. The smallest absolute Gasteiger partial charge is 0.258 e. The molecule has 0 saturated carbocycles. The van der Waals surface area contributed by atoms with Crippen LogP contribution >= 0.6 is 12.6 Å². The number of hydrogen-bond acceptors (Lipinski definition) is 4. The molecule has 1 aromatic carbocycles. The Kier molecular flexibility index (Phi) is 12.0. The Balaban J connectivity index is 0.000000700. The highest BCUT2D eigenvalue weighted by Gasteiger charge is 2.30. The summed E-state index contributed by atoms with van der Waals surface area (Å²) >= 11 is 4.81. The Hall–Kier alpha value is -2.24. The van der Waals surface area contributed by atoms with Crippen LogP contribution in [-0.4, -0.2) is 36.1 Å². The number of nitrogens with zero attached hydrogens (tertiary/aromatic N) is 2. The van der Waals surface area contributed by atoms with E-state index in [4.69, 9.17) is 12.6 Å². The van der Waals surface area contributed by atoms with Gasteiger partial charge in [0.05, 0.1) is 11.3 Å². The van der Waals surface area contributed by atoms with Gasteiger partial charge in [-0.1, -0.05) is 85.6 Å². The molecule has 3 heterocycles. The monoisotopic (exact) mass is 631 g/mol. The average Bonchev–Trinajstić information content (AvgIpc) is 2.98. The van der Waals surface area contributed by atoms with Gasteiger partial charge in [0.1, 0.15) is 0 Å². The molecule has 0 unspecified atom stereocenters. The van der Waals surface area contributed by atoms with Gasteiger partial charge in [-0.3, -0.25) is 9.69 Å². The van der Waals surface area contributed by atoms with Gasteiger partial charge in [0.2, 0.25) is 0 Å². The molecule has 45 heavy (non-hydrogen) atoms. The van der Waals surface area contributed by atoms with Crippen LogP contribution in [0.5, 0.6) is 0 Å². The number of H-pyrrole nitrogens is 1. The zero-order valence-corrected chi connectivity index (χ0v) is 30.9. The molecule has 1 saturated heterocycles. The second-order valence-electron chi connectivity index (χ2n) is 15.7. The van der Waals surface area contributed by atoms with Gasteiger partial charge in [-0.2, -0.15) is 0 Å². The first kappa shape index (κ1) is 35.6. The van der Waals surface area contributed by atoms with Crippen LogP contribution in [0.4, 0.5) is 5.69 Å². The van der Waals surface area contributed by atoms with Crippen LogP contribution in [0.3, 0.4) is 0 Å². The van der Waals surface area contributed by atoms with E-state index in [1.807, 2.05) is 0 Å². The number of aryl methyl sites for hydroxylation is 1. The first-order valence-corrected chi connectivity index (χ1v) is 18.1. The standard InChI is InChI=1S/C34H47N3OS.C6H14/c1-6-7-10-28-24(3)35-33(38)31(32(28)37-18-15-34(4,5)16-19-37)26-12-13-27-21-36(17-14-25(27)20-26)22-29-23(2)9-8-11-30(29)39;1-5-6(2,3)4/h9,12-13,20,39H,6-8,10-11,14-19,21-22H2,1-5H3,(H,35,38);5H2,1-4H3. The maximum Gasteiger partial charge on any atom is 0.258 e. The molecular weight excluding hydrogens is 571 g/mol. The van der Waals surface area contributed by atoms with Crippen molar-refractivity contribution in [3.8, 4) is 11.1 Å². The van der Waals surface area contributed by atoms with E-state index in [2.05, 4.69) is 101 Å². The van der Waals surface area contributed by atoms with Crippen molar-refractivity contribution < 1.29 is 0 Å². The maximum atomic E-state index is 13.7. The largest absolute Gasteiger partial charge is 0.371 e. The topological polar surface area (TPSA) is 39.3 Å². The number of aromatic amines is 1. The molecule has 0 atom stereocenters. The molecule has 5 heteroatoms. The summed E-state index contributed by atoms with van der Waals surface area (Å²) in [6.07, 6.45) is 12.4. The number of thiol groups is 1. The van der Waals surface area contributed by atoms with Crippen LogP contribution in [0.15, 0.2) is 45.1 Å². The van der Waals surface area contributed by atoms with E-state index in [1.165, 1.54) is 44.8 Å². The molecule has 0 radical (unpaired) electrons. The van der Waals surface area contributed by atoms with Crippen molar-refractivity contribution in [3.63, 3.8) is 0 Å². The Labute approximate surface area is 280 Å². The lowest BCUT2D eigenvalue weighted by Crippen LogP contribution is -2.39. The minimum Gasteiger partial charge on any atom is -0.371 e. The summed E-state index contributed by atoms with van der Waals surface area (Å²) in [5.74, 6) is 0. The SMILES string of the molecule is CCC(C)(C)C.CCCCc1c(C)[nH]c(=O)c(-c2ccc3c(c2)CCN(CC2=C(S)CCC=C2C)C3)c1N1CCC(C)(C)CC1. The van der Waals surface area contributed by atoms with Gasteiger partial charge in [-0.25, -0.2) is 0 Å². The Morgan fingerprint density at radius 1 is 1.00 bits per heavy atom. The zero-order chi connectivity index (χ0) is 32.9. The fourth-order valence-electron chi connectivity index (χ4n) is 6.62. The van der Waals surface area contributed by atoms with Gasteiger partial charge in [-0.15, -0.1) is 12.6 Å². The predicted octanol–water partition coefficient (Wildman–Crippen LogP) is 10.0. The van der Waals surface area contributed by atoms with Gasteiger partial charge in [-0.05, 0) is 108 Å². The highest BCUT2D eigenvalue weighted by molar-refractivity contribution is 7.84. The van der Waals surface area contributed by atoms with Gasteiger partial charge in [0.25, 0.3) is 5.56 Å². The van der Waals surface area contributed by atoms with E-state index in [0.29, 0.717) is 10.8 Å². The van der Waals surface area contributed by atoms with E-state index < -0.39 is 0 Å². The fraction of sp³-hybridized carbons (Fsp3) is 0.625. The number of allylic oxidation sites excluding steroid dienone is 2. The number of aromatic nitrogens is 1. The minimum absolute atomic E-state index is 0.0535. The van der Waals surface area contributed by atoms with Crippen molar-refractivity contribution in [2.45, 2.75) is 127 Å². The zero-order valence-electron chi connectivity index (χ0n) is 30.0. The van der Waals surface area contributed by atoms with Gasteiger partial charge >= 0.3 is 0 Å². The summed E-state index contributed by atoms with van der Waals surface area (Å²) in [5, 5.41) is 0. The van der Waals surface area contributed by atoms with Crippen LogP contribution in [0, 0.1) is 17.8 Å². The number of fused-ring (bicyclic) bond motifs is 1. The molecule has 0 amide bonds. The highest BCUT2D eigenvalue weighted by atomic mass is 32.1. The Morgan fingerprint density at radius 3 is 2.31 bits per heavy atom. The van der Waals surface area contributed by atoms with Crippen LogP contribution in [0.2, 0.25) is 0 Å². The lowest BCUT2D eigenvalue weighted by Gasteiger charge is -2.40. The minimum atomic E-state index is 0.0535. The predicted molar refractivity (Wildman–Crippen MR) is 199 cm³/mol. The van der Waals surface area contributed by atoms with Gasteiger partial charge < -0.3 is 9.88 Å². The van der Waals surface area contributed by atoms with E-state index >= 15 is 0 Å². The quantitative estimate of drug-likeness (QED) is 0.299. The molecule has 1 N–H and O–H groups in total. The third kappa shape index (κ3) is 9.19. The summed E-state index contributed by atoms with van der Waals surface area (Å²) in [7, 11) is 0. The number of hydrogen-bond donors (Lipinski definition) is 2. The van der Waals surface area contributed by atoms with Crippen LogP contribution in [0.1, 0.15) is 123 Å². The van der Waals surface area contributed by atoms with Crippen LogP contribution in [0.25, 0.3) is 11.1 Å². The molecule has 4 nitrogen and oxygen atoms in total. The average molecular weight is 632 g/mol. The van der Waals surface area contributed by atoms with Crippen LogP contribution in [-0.2, 0) is 19.4 Å². The number of rotatable bonds is 7. The molecule has 2 aromatic rings. The maximum absolute atomic E-state index is 13.7. The molecule has 3 aliphatic rings. The normalized spacial score (nSPS) is 18.7. The molecule has 5 rings (SSSR count). The fourth-order valence-corrected chi connectivity index (χ4v) is 7.00. The van der Waals surface area contributed by atoms with E-state index in [1.54, 1.807) is 0 Å². The Morgan fingerprint density at radius 2 is 1.69 bits per heavy atom. The number of unbranched alkanes of at least 4 members (excludes halogenated alkanes) is 1. The number of pyridine rings is 1. The van der Waals surface area contributed by atoms with E-state index in [9.17, 15) is 4.79 Å². The molecule has 248 valence electrons. The van der Waals surface area contributed by atoms with Crippen molar-refractivity contribution in [1.82, 2.24) is 9.88 Å². The summed E-state index contributed by atoms with van der Waals surface area (Å²) in [6, 6.07) is 6.81. The molecule has 0 bridgehead atoms. The van der Waals surface area contributed by atoms with Crippen molar-refractivity contribution >= 4 is 18.3 Å². The van der Waals surface area contributed by atoms with Gasteiger partial charge in [0, 0.05) is 38.4 Å².